The molecule has 1 fully saturated rings. The highest BCUT2D eigenvalue weighted by molar-refractivity contribution is 5.79. The van der Waals surface area contributed by atoms with Gasteiger partial charge in [0.05, 0.1) is 5.84 Å². The van der Waals surface area contributed by atoms with Crippen LogP contribution in [0.3, 0.4) is 0 Å². The molecule has 94 valence electrons. The van der Waals surface area contributed by atoms with Crippen molar-refractivity contribution in [2.75, 3.05) is 19.6 Å². The molecule has 0 aromatic carbocycles. The Morgan fingerprint density at radius 3 is 2.25 bits per heavy atom. The zero-order chi connectivity index (χ0) is 12.3. The summed E-state index contributed by atoms with van der Waals surface area (Å²) < 4.78 is 0. The van der Waals surface area contributed by atoms with Crippen molar-refractivity contribution in [3.8, 4) is 0 Å². The maximum atomic E-state index is 7.41. The minimum absolute atomic E-state index is 0.200. The highest BCUT2D eigenvalue weighted by Crippen LogP contribution is 2.34. The zero-order valence-corrected chi connectivity index (χ0v) is 11.2. The fourth-order valence-electron chi connectivity index (χ4n) is 2.47. The van der Waals surface area contributed by atoms with Crippen LogP contribution in [0.4, 0.5) is 0 Å². The van der Waals surface area contributed by atoms with Crippen molar-refractivity contribution >= 4 is 5.84 Å². The summed E-state index contributed by atoms with van der Waals surface area (Å²) >= 11 is 0. The van der Waals surface area contributed by atoms with Crippen molar-refractivity contribution in [1.29, 1.82) is 5.41 Å². The second-order valence-electron chi connectivity index (χ2n) is 6.30. The third-order valence-electron chi connectivity index (χ3n) is 3.88. The van der Waals surface area contributed by atoms with Gasteiger partial charge >= 0.3 is 0 Å². The highest BCUT2D eigenvalue weighted by Gasteiger charge is 2.29. The molecule has 0 radical (unpaired) electrons. The van der Waals surface area contributed by atoms with E-state index in [1.54, 1.807) is 0 Å². The van der Waals surface area contributed by atoms with Crippen LogP contribution in [0, 0.1) is 22.7 Å². The molecule has 1 unspecified atom stereocenters. The molecule has 0 spiro atoms. The highest BCUT2D eigenvalue weighted by atomic mass is 15.1. The standard InChI is InChI=1S/C13H27N3/c1-10(12(14)15)9-16-7-5-11(6-8-16)13(2,3)4/h10-11H,5-9H2,1-4H3,(H3,14,15). The van der Waals surface area contributed by atoms with Crippen LogP contribution < -0.4 is 5.73 Å². The van der Waals surface area contributed by atoms with E-state index in [-0.39, 0.29) is 5.92 Å². The molecule has 0 bridgehead atoms. The van der Waals surface area contributed by atoms with Crippen molar-refractivity contribution < 1.29 is 0 Å². The predicted molar refractivity (Wildman–Crippen MR) is 69.7 cm³/mol. The third-order valence-corrected chi connectivity index (χ3v) is 3.88. The van der Waals surface area contributed by atoms with Gasteiger partial charge in [-0.2, -0.15) is 0 Å². The first-order chi connectivity index (χ1) is 7.30. The lowest BCUT2D eigenvalue weighted by atomic mass is 9.75. The molecule has 1 aliphatic heterocycles. The van der Waals surface area contributed by atoms with E-state index in [1.165, 1.54) is 25.9 Å². The van der Waals surface area contributed by atoms with Gasteiger partial charge < -0.3 is 10.6 Å². The van der Waals surface area contributed by atoms with Gasteiger partial charge in [-0.25, -0.2) is 0 Å². The average Bonchev–Trinajstić information content (AvgIpc) is 2.17. The molecule has 0 aromatic rings. The van der Waals surface area contributed by atoms with E-state index >= 15 is 0 Å². The maximum Gasteiger partial charge on any atom is 0.0947 e. The van der Waals surface area contributed by atoms with E-state index in [0.29, 0.717) is 11.3 Å². The lowest BCUT2D eigenvalue weighted by molar-refractivity contribution is 0.108. The number of nitrogens with two attached hydrogens (primary N) is 1. The Hall–Kier alpha value is -0.570. The fraction of sp³-hybridized carbons (Fsp3) is 0.923. The minimum Gasteiger partial charge on any atom is -0.387 e. The summed E-state index contributed by atoms with van der Waals surface area (Å²) in [4.78, 5) is 2.45. The Bertz CT molecular complexity index is 234. The monoisotopic (exact) mass is 225 g/mol. The van der Waals surface area contributed by atoms with Gasteiger partial charge in [-0.3, -0.25) is 5.41 Å². The number of hydrogen-bond donors (Lipinski definition) is 2. The van der Waals surface area contributed by atoms with Crippen molar-refractivity contribution in [3.05, 3.63) is 0 Å². The topological polar surface area (TPSA) is 53.1 Å². The molecule has 3 heteroatoms. The molecule has 1 rings (SSSR count). The third kappa shape index (κ3) is 3.78. The van der Waals surface area contributed by atoms with E-state index in [0.717, 1.165) is 12.5 Å². The molecule has 0 aromatic heterocycles. The van der Waals surface area contributed by atoms with Crippen LogP contribution in [0.5, 0.6) is 0 Å². The smallest absolute Gasteiger partial charge is 0.0947 e. The zero-order valence-electron chi connectivity index (χ0n) is 11.2. The van der Waals surface area contributed by atoms with Crippen LogP contribution in [0.2, 0.25) is 0 Å². The molecule has 1 heterocycles. The summed E-state index contributed by atoms with van der Waals surface area (Å²) in [6.07, 6.45) is 2.57. The Kier molecular flexibility index (Phi) is 4.36. The Morgan fingerprint density at radius 2 is 1.88 bits per heavy atom. The first-order valence-electron chi connectivity index (χ1n) is 6.37. The second kappa shape index (κ2) is 5.17. The van der Waals surface area contributed by atoms with E-state index in [9.17, 15) is 0 Å². The molecule has 0 saturated carbocycles. The summed E-state index contributed by atoms with van der Waals surface area (Å²) in [5, 5.41) is 7.41. The van der Waals surface area contributed by atoms with Crippen LogP contribution in [-0.2, 0) is 0 Å². The number of rotatable bonds is 3. The summed E-state index contributed by atoms with van der Waals surface area (Å²) in [5.74, 6) is 1.36. The van der Waals surface area contributed by atoms with Gasteiger partial charge in [-0.15, -0.1) is 0 Å². The van der Waals surface area contributed by atoms with Gasteiger partial charge in [0.15, 0.2) is 0 Å². The maximum absolute atomic E-state index is 7.41. The molecule has 0 aliphatic carbocycles. The van der Waals surface area contributed by atoms with Crippen molar-refractivity contribution in [3.63, 3.8) is 0 Å². The van der Waals surface area contributed by atoms with Gasteiger partial charge in [0, 0.05) is 12.5 Å². The normalized spacial score (nSPS) is 22.0. The lowest BCUT2D eigenvalue weighted by Crippen LogP contribution is -2.41. The predicted octanol–water partition coefficient (Wildman–Crippen LogP) is 2.32. The van der Waals surface area contributed by atoms with Gasteiger partial charge in [-0.05, 0) is 37.3 Å². The number of hydrogen-bond acceptors (Lipinski definition) is 2. The number of amidine groups is 1. The lowest BCUT2D eigenvalue weighted by Gasteiger charge is -2.39. The number of nitrogens with one attached hydrogen (secondary N) is 1. The van der Waals surface area contributed by atoms with E-state index in [1.807, 2.05) is 6.92 Å². The molecule has 16 heavy (non-hydrogen) atoms. The molecular formula is C13H27N3. The van der Waals surface area contributed by atoms with Crippen LogP contribution in [0.25, 0.3) is 0 Å². The summed E-state index contributed by atoms with van der Waals surface area (Å²) in [5.41, 5.74) is 5.95. The van der Waals surface area contributed by atoms with Crippen molar-refractivity contribution in [2.24, 2.45) is 23.0 Å². The Balaban J connectivity index is 2.35. The molecule has 0 amide bonds. The number of nitrogens with zero attached hydrogens (tertiary/aromatic N) is 1. The van der Waals surface area contributed by atoms with E-state index < -0.39 is 0 Å². The van der Waals surface area contributed by atoms with Gasteiger partial charge in [0.2, 0.25) is 0 Å². The molecular weight excluding hydrogens is 198 g/mol. The summed E-state index contributed by atoms with van der Waals surface area (Å²) in [7, 11) is 0. The number of piperidine rings is 1. The Morgan fingerprint density at radius 1 is 1.38 bits per heavy atom. The second-order valence-corrected chi connectivity index (χ2v) is 6.30. The largest absolute Gasteiger partial charge is 0.387 e. The minimum atomic E-state index is 0.200. The Labute approximate surface area is 99.9 Å². The quantitative estimate of drug-likeness (QED) is 0.572. The molecule has 1 atom stereocenters. The molecule has 3 nitrogen and oxygen atoms in total. The van der Waals surface area contributed by atoms with Crippen molar-refractivity contribution in [1.82, 2.24) is 4.90 Å². The molecule has 1 aliphatic rings. The molecule has 1 saturated heterocycles. The van der Waals surface area contributed by atoms with Crippen LogP contribution in [0.15, 0.2) is 0 Å². The SMILES string of the molecule is CC(CN1CCC(C(C)(C)C)CC1)C(=N)N. The van der Waals surface area contributed by atoms with Gasteiger partial charge in [0.1, 0.15) is 0 Å². The van der Waals surface area contributed by atoms with Gasteiger partial charge in [0.25, 0.3) is 0 Å². The summed E-state index contributed by atoms with van der Waals surface area (Å²) in [6.45, 7) is 12.3. The summed E-state index contributed by atoms with van der Waals surface area (Å²) in [6, 6.07) is 0. The number of likely N-dealkylation sites (tertiary alicyclic amines) is 1. The first-order valence-corrected chi connectivity index (χ1v) is 6.37. The average molecular weight is 225 g/mol. The van der Waals surface area contributed by atoms with Crippen LogP contribution >= 0.6 is 0 Å². The van der Waals surface area contributed by atoms with Crippen LogP contribution in [-0.4, -0.2) is 30.4 Å². The van der Waals surface area contributed by atoms with Crippen LogP contribution in [0.1, 0.15) is 40.5 Å². The van der Waals surface area contributed by atoms with E-state index in [2.05, 4.69) is 25.7 Å². The van der Waals surface area contributed by atoms with E-state index in [4.69, 9.17) is 11.1 Å². The fourth-order valence-corrected chi connectivity index (χ4v) is 2.47. The van der Waals surface area contributed by atoms with Gasteiger partial charge in [-0.1, -0.05) is 27.7 Å². The van der Waals surface area contributed by atoms with Crippen molar-refractivity contribution in [2.45, 2.75) is 40.5 Å². The first kappa shape index (κ1) is 13.5. The molecule has 3 N–H and O–H groups in total.